The van der Waals surface area contributed by atoms with Crippen molar-refractivity contribution in [1.29, 1.82) is 0 Å². The number of aromatic nitrogens is 3. The number of rotatable bonds is 1. The molecule has 2 aromatic rings. The van der Waals surface area contributed by atoms with Gasteiger partial charge in [-0.25, -0.2) is 9.67 Å². The molecule has 0 atom stereocenters. The summed E-state index contributed by atoms with van der Waals surface area (Å²) < 4.78 is 1.80. The molecule has 3 nitrogen and oxygen atoms in total. The van der Waals surface area contributed by atoms with Gasteiger partial charge in [0.25, 0.3) is 0 Å². The van der Waals surface area contributed by atoms with Gasteiger partial charge in [-0.05, 0) is 32.9 Å². The van der Waals surface area contributed by atoms with Crippen LogP contribution < -0.4 is 0 Å². The van der Waals surface area contributed by atoms with Gasteiger partial charge in [0.05, 0.1) is 5.69 Å². The second kappa shape index (κ2) is 3.66. The van der Waals surface area contributed by atoms with Gasteiger partial charge >= 0.3 is 0 Å². The van der Waals surface area contributed by atoms with E-state index in [-0.39, 0.29) is 0 Å². The second-order valence-corrected chi connectivity index (χ2v) is 4.06. The lowest BCUT2D eigenvalue weighted by molar-refractivity contribution is 0.802. The molecule has 0 radical (unpaired) electrons. The summed E-state index contributed by atoms with van der Waals surface area (Å²) in [6, 6.07) is 5.66. The summed E-state index contributed by atoms with van der Waals surface area (Å²) in [7, 11) is 0. The molecule has 0 saturated heterocycles. The molecule has 0 aromatic carbocycles. The Morgan fingerprint density at radius 1 is 1.07 bits per heavy atom. The third-order valence-corrected chi connectivity index (χ3v) is 2.35. The van der Waals surface area contributed by atoms with Crippen molar-refractivity contribution in [3.05, 3.63) is 40.3 Å². The van der Waals surface area contributed by atoms with Crippen LogP contribution >= 0.6 is 11.6 Å². The minimum Gasteiger partial charge on any atom is -0.234 e. The second-order valence-electron chi connectivity index (χ2n) is 3.62. The van der Waals surface area contributed by atoms with Crippen molar-refractivity contribution in [2.24, 2.45) is 0 Å². The molecule has 0 fully saturated rings. The highest BCUT2D eigenvalue weighted by molar-refractivity contribution is 6.30. The number of nitrogens with zero attached hydrogens (tertiary/aromatic N) is 3. The van der Waals surface area contributed by atoms with Crippen molar-refractivity contribution >= 4 is 11.6 Å². The Labute approximate surface area is 93.7 Å². The Morgan fingerprint density at radius 3 is 2.33 bits per heavy atom. The van der Waals surface area contributed by atoms with Crippen LogP contribution in [0.1, 0.15) is 17.1 Å². The van der Waals surface area contributed by atoms with E-state index in [1.807, 2.05) is 39.0 Å². The van der Waals surface area contributed by atoms with Crippen LogP contribution in [-0.4, -0.2) is 14.8 Å². The molecule has 2 aromatic heterocycles. The van der Waals surface area contributed by atoms with Gasteiger partial charge in [-0.1, -0.05) is 11.6 Å². The molecule has 4 heteroatoms. The molecular formula is C11H12ClN3. The van der Waals surface area contributed by atoms with Crippen LogP contribution in [0.3, 0.4) is 0 Å². The molecule has 0 bridgehead atoms. The molecule has 0 N–H and O–H groups in total. The Morgan fingerprint density at radius 2 is 1.80 bits per heavy atom. The van der Waals surface area contributed by atoms with E-state index in [9.17, 15) is 0 Å². The van der Waals surface area contributed by atoms with Crippen molar-refractivity contribution in [3.63, 3.8) is 0 Å². The van der Waals surface area contributed by atoms with Crippen LogP contribution in [0.2, 0.25) is 5.02 Å². The van der Waals surface area contributed by atoms with Gasteiger partial charge in [-0.2, -0.15) is 5.10 Å². The van der Waals surface area contributed by atoms with E-state index in [0.29, 0.717) is 5.02 Å². The van der Waals surface area contributed by atoms with Crippen LogP contribution in [0.25, 0.3) is 5.82 Å². The average Bonchev–Trinajstić information content (AvgIpc) is 2.43. The Kier molecular flexibility index (Phi) is 2.49. The van der Waals surface area contributed by atoms with E-state index in [0.717, 1.165) is 22.9 Å². The first-order chi connectivity index (χ1) is 7.06. The van der Waals surface area contributed by atoms with Crippen LogP contribution in [0.5, 0.6) is 0 Å². The van der Waals surface area contributed by atoms with Gasteiger partial charge in [-0.15, -0.1) is 0 Å². The maximum atomic E-state index is 5.98. The third-order valence-electron chi connectivity index (χ3n) is 2.13. The number of halogens is 1. The lowest BCUT2D eigenvalue weighted by Gasteiger charge is -2.04. The fourth-order valence-electron chi connectivity index (χ4n) is 1.58. The van der Waals surface area contributed by atoms with Crippen LogP contribution in [0, 0.1) is 20.8 Å². The molecular weight excluding hydrogens is 210 g/mol. The van der Waals surface area contributed by atoms with E-state index < -0.39 is 0 Å². The standard InChI is InChI=1S/C11H12ClN3/c1-7-5-10(12)6-11(13-7)15-9(3)4-8(2)14-15/h4-6H,1-3H3. The van der Waals surface area contributed by atoms with E-state index in [4.69, 9.17) is 11.6 Å². The highest BCUT2D eigenvalue weighted by Gasteiger charge is 2.06. The predicted octanol–water partition coefficient (Wildman–Crippen LogP) is 2.85. The van der Waals surface area contributed by atoms with Gasteiger partial charge < -0.3 is 0 Å². The first kappa shape index (κ1) is 10.2. The van der Waals surface area contributed by atoms with Gasteiger partial charge in [-0.3, -0.25) is 0 Å². The SMILES string of the molecule is Cc1cc(Cl)cc(-n2nc(C)cc2C)n1. The summed E-state index contributed by atoms with van der Waals surface area (Å²) in [6.07, 6.45) is 0. The van der Waals surface area contributed by atoms with Gasteiger partial charge in [0.15, 0.2) is 5.82 Å². The van der Waals surface area contributed by atoms with E-state index in [1.54, 1.807) is 4.68 Å². The fourth-order valence-corrected chi connectivity index (χ4v) is 1.83. The molecule has 0 aliphatic heterocycles. The lowest BCUT2D eigenvalue weighted by Crippen LogP contribution is -2.02. The van der Waals surface area contributed by atoms with Crippen LogP contribution in [-0.2, 0) is 0 Å². The Bertz CT molecular complexity index is 482. The number of aryl methyl sites for hydroxylation is 3. The maximum absolute atomic E-state index is 5.98. The first-order valence-corrected chi connectivity index (χ1v) is 5.12. The molecule has 0 saturated carbocycles. The number of hydrogen-bond acceptors (Lipinski definition) is 2. The topological polar surface area (TPSA) is 30.7 Å². The van der Waals surface area contributed by atoms with E-state index in [1.165, 1.54) is 0 Å². The smallest absolute Gasteiger partial charge is 0.155 e. The van der Waals surface area contributed by atoms with Crippen LogP contribution in [0.4, 0.5) is 0 Å². The van der Waals surface area contributed by atoms with Gasteiger partial charge in [0.1, 0.15) is 0 Å². The molecule has 0 aliphatic carbocycles. The zero-order valence-electron chi connectivity index (χ0n) is 8.95. The number of pyridine rings is 1. The van der Waals surface area contributed by atoms with Crippen molar-refractivity contribution in [2.75, 3.05) is 0 Å². The first-order valence-electron chi connectivity index (χ1n) is 4.74. The van der Waals surface area contributed by atoms with Gasteiger partial charge in [0, 0.05) is 22.5 Å². The minimum absolute atomic E-state index is 0.685. The van der Waals surface area contributed by atoms with E-state index in [2.05, 4.69) is 10.1 Å². The molecule has 0 amide bonds. The van der Waals surface area contributed by atoms with Crippen molar-refractivity contribution in [2.45, 2.75) is 20.8 Å². The normalized spacial score (nSPS) is 10.7. The molecule has 2 rings (SSSR count). The summed E-state index contributed by atoms with van der Waals surface area (Å²) in [6.45, 7) is 5.87. The highest BCUT2D eigenvalue weighted by Crippen LogP contribution is 2.16. The molecule has 2 heterocycles. The molecule has 15 heavy (non-hydrogen) atoms. The lowest BCUT2D eigenvalue weighted by atomic mass is 10.3. The van der Waals surface area contributed by atoms with Crippen molar-refractivity contribution < 1.29 is 0 Å². The van der Waals surface area contributed by atoms with Crippen molar-refractivity contribution in [3.8, 4) is 5.82 Å². The highest BCUT2D eigenvalue weighted by atomic mass is 35.5. The molecule has 78 valence electrons. The monoisotopic (exact) mass is 221 g/mol. The van der Waals surface area contributed by atoms with E-state index >= 15 is 0 Å². The van der Waals surface area contributed by atoms with Gasteiger partial charge in [0.2, 0.25) is 0 Å². The zero-order chi connectivity index (χ0) is 11.0. The van der Waals surface area contributed by atoms with Crippen LogP contribution in [0.15, 0.2) is 18.2 Å². The summed E-state index contributed by atoms with van der Waals surface area (Å²) in [4.78, 5) is 4.39. The predicted molar refractivity (Wildman–Crippen MR) is 60.6 cm³/mol. The summed E-state index contributed by atoms with van der Waals surface area (Å²) in [5, 5.41) is 5.04. The fraction of sp³-hybridized carbons (Fsp3) is 0.273. The third kappa shape index (κ3) is 2.02. The summed E-state index contributed by atoms with van der Waals surface area (Å²) in [5.41, 5.74) is 2.93. The Balaban J connectivity index is 2.58. The quantitative estimate of drug-likeness (QED) is 0.742. The molecule has 0 spiro atoms. The number of hydrogen-bond donors (Lipinski definition) is 0. The average molecular weight is 222 g/mol. The molecule has 0 aliphatic rings. The van der Waals surface area contributed by atoms with Crippen molar-refractivity contribution in [1.82, 2.24) is 14.8 Å². The minimum atomic E-state index is 0.685. The largest absolute Gasteiger partial charge is 0.234 e. The molecule has 0 unspecified atom stereocenters. The zero-order valence-corrected chi connectivity index (χ0v) is 9.71. The summed E-state index contributed by atoms with van der Waals surface area (Å²) >= 11 is 5.98. The Hall–Kier alpha value is -1.35. The maximum Gasteiger partial charge on any atom is 0.155 e. The summed E-state index contributed by atoms with van der Waals surface area (Å²) in [5.74, 6) is 0.769.